The average molecular weight is 433 g/mol. The van der Waals surface area contributed by atoms with Crippen molar-refractivity contribution in [2.75, 3.05) is 10.0 Å². The monoisotopic (exact) mass is 432 g/mol. The molecule has 150 valence electrons. The van der Waals surface area contributed by atoms with Gasteiger partial charge in [-0.05, 0) is 67.4 Å². The van der Waals surface area contributed by atoms with E-state index in [9.17, 15) is 17.6 Å². The van der Waals surface area contributed by atoms with Crippen molar-refractivity contribution in [3.05, 3.63) is 88.2 Å². The van der Waals surface area contributed by atoms with Crippen molar-refractivity contribution >= 4 is 38.9 Å². The Kier molecular flexibility index (Phi) is 5.91. The molecule has 3 aromatic rings. The van der Waals surface area contributed by atoms with Crippen molar-refractivity contribution in [3.63, 3.8) is 0 Å². The van der Waals surface area contributed by atoms with Gasteiger partial charge >= 0.3 is 0 Å². The van der Waals surface area contributed by atoms with Gasteiger partial charge in [0, 0.05) is 10.6 Å². The smallest absolute Gasteiger partial charge is 0.262 e. The Morgan fingerprint density at radius 2 is 1.72 bits per heavy atom. The molecule has 0 bridgehead atoms. The summed E-state index contributed by atoms with van der Waals surface area (Å²) in [6, 6.07) is 14.8. The van der Waals surface area contributed by atoms with Crippen LogP contribution in [0, 0.1) is 19.7 Å². The van der Waals surface area contributed by atoms with Gasteiger partial charge in [0.1, 0.15) is 5.82 Å². The molecule has 0 saturated carbocycles. The highest BCUT2D eigenvalue weighted by Crippen LogP contribution is 2.24. The van der Waals surface area contributed by atoms with Crippen molar-refractivity contribution in [3.8, 4) is 0 Å². The van der Waals surface area contributed by atoms with Gasteiger partial charge in [0.2, 0.25) is 0 Å². The van der Waals surface area contributed by atoms with Crippen LogP contribution in [-0.2, 0) is 10.0 Å². The second-order valence-electron chi connectivity index (χ2n) is 6.53. The summed E-state index contributed by atoms with van der Waals surface area (Å²) >= 11 is 5.85. The fourth-order valence-electron chi connectivity index (χ4n) is 2.64. The molecular weight excluding hydrogens is 415 g/mol. The second kappa shape index (κ2) is 8.23. The summed E-state index contributed by atoms with van der Waals surface area (Å²) in [6.45, 7) is 3.61. The van der Waals surface area contributed by atoms with Crippen molar-refractivity contribution in [2.24, 2.45) is 0 Å². The summed E-state index contributed by atoms with van der Waals surface area (Å²) in [6.07, 6.45) is 0. The molecule has 0 radical (unpaired) electrons. The lowest BCUT2D eigenvalue weighted by Crippen LogP contribution is -2.16. The Balaban J connectivity index is 1.83. The first-order valence-corrected chi connectivity index (χ1v) is 10.5. The molecular formula is C21H18ClFN2O3S. The lowest BCUT2D eigenvalue weighted by Gasteiger charge is -2.13. The minimum absolute atomic E-state index is 0.138. The van der Waals surface area contributed by atoms with Gasteiger partial charge in [-0.15, -0.1) is 0 Å². The van der Waals surface area contributed by atoms with Crippen molar-refractivity contribution in [1.82, 2.24) is 0 Å². The molecule has 2 N–H and O–H groups in total. The lowest BCUT2D eigenvalue weighted by atomic mass is 10.1. The topological polar surface area (TPSA) is 75.3 Å². The van der Waals surface area contributed by atoms with Gasteiger partial charge in [0.15, 0.2) is 0 Å². The van der Waals surface area contributed by atoms with E-state index < -0.39 is 21.7 Å². The molecule has 5 nitrogen and oxygen atoms in total. The highest BCUT2D eigenvalue weighted by atomic mass is 35.5. The van der Waals surface area contributed by atoms with Gasteiger partial charge in [0.05, 0.1) is 16.3 Å². The molecule has 0 aliphatic heterocycles. The first-order valence-electron chi connectivity index (χ1n) is 8.62. The van der Waals surface area contributed by atoms with Crippen LogP contribution >= 0.6 is 11.6 Å². The SMILES string of the molecule is Cc1ccc(C)c(NS(=O)(=O)c2ccc(NC(=O)c3cccc(Cl)c3)c(F)c2)c1. The van der Waals surface area contributed by atoms with E-state index in [4.69, 9.17) is 11.6 Å². The predicted octanol–water partition coefficient (Wildman–Crippen LogP) is 5.15. The van der Waals surface area contributed by atoms with E-state index >= 15 is 0 Å². The molecule has 3 rings (SSSR count). The average Bonchev–Trinajstić information content (AvgIpc) is 2.66. The maximum atomic E-state index is 14.5. The van der Waals surface area contributed by atoms with Gasteiger partial charge in [-0.25, -0.2) is 12.8 Å². The summed E-state index contributed by atoms with van der Waals surface area (Å²) in [5.74, 6) is -1.43. The predicted molar refractivity (Wildman–Crippen MR) is 113 cm³/mol. The molecule has 0 heterocycles. The van der Waals surface area contributed by atoms with Gasteiger partial charge in [-0.1, -0.05) is 29.8 Å². The standard InChI is InChI=1S/C21H18ClFN2O3S/c1-13-6-7-14(2)20(10-13)25-29(27,28)17-8-9-19(18(23)12-17)24-21(26)15-4-3-5-16(22)11-15/h3-12,25H,1-2H3,(H,24,26). The number of sulfonamides is 1. The zero-order valence-corrected chi connectivity index (χ0v) is 17.2. The van der Waals surface area contributed by atoms with E-state index in [2.05, 4.69) is 10.0 Å². The molecule has 0 unspecified atom stereocenters. The fraction of sp³-hybridized carbons (Fsp3) is 0.0952. The third kappa shape index (κ3) is 4.93. The summed E-state index contributed by atoms with van der Waals surface area (Å²) in [7, 11) is -4.00. The fourth-order valence-corrected chi connectivity index (χ4v) is 3.96. The highest BCUT2D eigenvalue weighted by Gasteiger charge is 2.18. The minimum atomic E-state index is -4.00. The number of hydrogen-bond donors (Lipinski definition) is 2. The first-order chi connectivity index (χ1) is 13.7. The van der Waals surface area contributed by atoms with Gasteiger partial charge in [-0.3, -0.25) is 9.52 Å². The maximum Gasteiger partial charge on any atom is 0.262 e. The summed E-state index contributed by atoms with van der Waals surface area (Å²) in [5.41, 5.74) is 2.17. The molecule has 0 saturated heterocycles. The van der Waals surface area contributed by atoms with Crippen LogP contribution in [0.15, 0.2) is 65.6 Å². The van der Waals surface area contributed by atoms with Gasteiger partial charge in [0.25, 0.3) is 15.9 Å². The number of carbonyl (C=O) groups excluding carboxylic acids is 1. The van der Waals surface area contributed by atoms with E-state index in [0.717, 1.165) is 17.2 Å². The molecule has 3 aromatic carbocycles. The lowest BCUT2D eigenvalue weighted by molar-refractivity contribution is 0.102. The van der Waals surface area contributed by atoms with Crippen LogP contribution in [0.25, 0.3) is 0 Å². The van der Waals surface area contributed by atoms with Crippen LogP contribution in [0.2, 0.25) is 5.02 Å². The third-order valence-corrected chi connectivity index (χ3v) is 5.82. The van der Waals surface area contributed by atoms with E-state index in [1.165, 1.54) is 24.3 Å². The van der Waals surface area contributed by atoms with Crippen LogP contribution in [-0.4, -0.2) is 14.3 Å². The summed E-state index contributed by atoms with van der Waals surface area (Å²) in [4.78, 5) is 12.0. The molecule has 0 aromatic heterocycles. The van der Waals surface area contributed by atoms with Crippen LogP contribution in [0.1, 0.15) is 21.5 Å². The van der Waals surface area contributed by atoms with Crippen molar-refractivity contribution in [2.45, 2.75) is 18.7 Å². The Morgan fingerprint density at radius 1 is 0.966 bits per heavy atom. The maximum absolute atomic E-state index is 14.5. The van der Waals surface area contributed by atoms with Gasteiger partial charge in [-0.2, -0.15) is 0 Å². The molecule has 0 fully saturated rings. The van der Waals surface area contributed by atoms with Crippen molar-refractivity contribution in [1.29, 1.82) is 0 Å². The summed E-state index contributed by atoms with van der Waals surface area (Å²) in [5, 5.41) is 2.78. The number of hydrogen-bond acceptors (Lipinski definition) is 3. The quantitative estimate of drug-likeness (QED) is 0.585. The number of rotatable bonds is 5. The number of nitrogens with one attached hydrogen (secondary N) is 2. The Labute approximate surface area is 173 Å². The number of halogens is 2. The largest absolute Gasteiger partial charge is 0.319 e. The van der Waals surface area contributed by atoms with E-state index in [1.807, 2.05) is 13.0 Å². The van der Waals surface area contributed by atoms with Gasteiger partial charge < -0.3 is 5.32 Å². The number of anilines is 2. The molecule has 1 amide bonds. The molecule has 0 aliphatic rings. The zero-order chi connectivity index (χ0) is 21.2. The molecule has 8 heteroatoms. The minimum Gasteiger partial charge on any atom is -0.319 e. The molecule has 0 spiro atoms. The van der Waals surface area contributed by atoms with E-state index in [1.54, 1.807) is 31.2 Å². The number of amides is 1. The normalized spacial score (nSPS) is 11.2. The number of carbonyl (C=O) groups is 1. The highest BCUT2D eigenvalue weighted by molar-refractivity contribution is 7.92. The first kappa shape index (κ1) is 20.8. The second-order valence-corrected chi connectivity index (χ2v) is 8.65. The van der Waals surface area contributed by atoms with E-state index in [0.29, 0.717) is 10.7 Å². The Bertz CT molecular complexity index is 1200. The zero-order valence-electron chi connectivity index (χ0n) is 15.7. The number of benzene rings is 3. The van der Waals surface area contributed by atoms with Crippen LogP contribution in [0.3, 0.4) is 0 Å². The van der Waals surface area contributed by atoms with Crippen molar-refractivity contribution < 1.29 is 17.6 Å². The molecule has 0 atom stereocenters. The van der Waals surface area contributed by atoms with E-state index in [-0.39, 0.29) is 16.1 Å². The number of aryl methyl sites for hydroxylation is 2. The summed E-state index contributed by atoms with van der Waals surface area (Å²) < 4.78 is 42.2. The Morgan fingerprint density at radius 3 is 2.41 bits per heavy atom. The Hall–Kier alpha value is -2.90. The molecule has 29 heavy (non-hydrogen) atoms. The van der Waals surface area contributed by atoms with Crippen LogP contribution < -0.4 is 10.0 Å². The van der Waals surface area contributed by atoms with Crippen LogP contribution in [0.4, 0.5) is 15.8 Å². The third-order valence-electron chi connectivity index (χ3n) is 4.22. The van der Waals surface area contributed by atoms with Crippen LogP contribution in [0.5, 0.6) is 0 Å². The molecule has 0 aliphatic carbocycles.